The molecule has 26 heavy (non-hydrogen) atoms. The highest BCUT2D eigenvalue weighted by Crippen LogP contribution is 2.19. The highest BCUT2D eigenvalue weighted by atomic mass is 16.5. The van der Waals surface area contributed by atoms with E-state index in [1.165, 1.54) is 6.08 Å². The Bertz CT molecular complexity index is 938. The fourth-order valence-electron chi connectivity index (χ4n) is 2.63. The molecule has 0 aliphatic carbocycles. The van der Waals surface area contributed by atoms with Gasteiger partial charge < -0.3 is 9.72 Å². The molecule has 0 saturated carbocycles. The van der Waals surface area contributed by atoms with Gasteiger partial charge in [-0.1, -0.05) is 18.2 Å². The third-order valence-electron chi connectivity index (χ3n) is 3.98. The number of rotatable bonds is 6. The van der Waals surface area contributed by atoms with E-state index >= 15 is 0 Å². The highest BCUT2D eigenvalue weighted by molar-refractivity contribution is 5.97. The fraction of sp³-hybridized carbons (Fsp3) is 0.150. The molecule has 3 rings (SSSR count). The van der Waals surface area contributed by atoms with Gasteiger partial charge in [-0.25, -0.2) is 9.48 Å². The quantitative estimate of drug-likeness (QED) is 0.421. The summed E-state index contributed by atoms with van der Waals surface area (Å²) >= 11 is 0. The number of aryl methyl sites for hydroxylation is 1. The van der Waals surface area contributed by atoms with Crippen LogP contribution in [0.5, 0.6) is 0 Å². The largest absolute Gasteiger partial charge is 0.454 e. The van der Waals surface area contributed by atoms with Crippen LogP contribution >= 0.6 is 0 Å². The summed E-state index contributed by atoms with van der Waals surface area (Å²) in [6.45, 7) is 3.52. The molecular formula is C20H19N3O3. The van der Waals surface area contributed by atoms with Crippen molar-refractivity contribution in [2.45, 2.75) is 13.8 Å². The molecular weight excluding hydrogens is 330 g/mol. The van der Waals surface area contributed by atoms with Crippen LogP contribution in [0.1, 0.15) is 27.4 Å². The molecule has 0 bridgehead atoms. The number of carbonyl (C=O) groups is 2. The van der Waals surface area contributed by atoms with Gasteiger partial charge in [0.25, 0.3) is 0 Å². The van der Waals surface area contributed by atoms with Gasteiger partial charge in [-0.2, -0.15) is 5.10 Å². The van der Waals surface area contributed by atoms with Crippen molar-refractivity contribution < 1.29 is 14.3 Å². The molecule has 0 unspecified atom stereocenters. The summed E-state index contributed by atoms with van der Waals surface area (Å²) in [4.78, 5) is 26.5. The Morgan fingerprint density at radius 3 is 2.62 bits per heavy atom. The third-order valence-corrected chi connectivity index (χ3v) is 3.98. The molecule has 6 nitrogen and oxygen atoms in total. The second-order valence-corrected chi connectivity index (χ2v) is 5.78. The molecule has 1 aromatic carbocycles. The number of aromatic amines is 1. The van der Waals surface area contributed by atoms with Crippen molar-refractivity contribution in [1.82, 2.24) is 14.8 Å². The summed E-state index contributed by atoms with van der Waals surface area (Å²) in [6, 6.07) is 13.1. The van der Waals surface area contributed by atoms with Crippen LogP contribution in [0, 0.1) is 13.8 Å². The SMILES string of the molecule is Cc1nn(-c2ccccc2)c(C)c1C=CC(=O)OCC(=O)c1ccc[nH]1. The van der Waals surface area contributed by atoms with E-state index in [0.717, 1.165) is 22.6 Å². The Kier molecular flexibility index (Phi) is 5.12. The summed E-state index contributed by atoms with van der Waals surface area (Å²) < 4.78 is 6.83. The van der Waals surface area contributed by atoms with Crippen molar-refractivity contribution in [3.63, 3.8) is 0 Å². The second kappa shape index (κ2) is 7.65. The molecule has 2 aromatic heterocycles. The topological polar surface area (TPSA) is 77.0 Å². The first kappa shape index (κ1) is 17.4. The summed E-state index contributed by atoms with van der Waals surface area (Å²) in [5.74, 6) is -0.850. The number of benzene rings is 1. The lowest BCUT2D eigenvalue weighted by atomic mass is 10.2. The van der Waals surface area contributed by atoms with E-state index in [2.05, 4.69) is 10.1 Å². The summed E-state index contributed by atoms with van der Waals surface area (Å²) in [5, 5.41) is 4.52. The molecule has 0 spiro atoms. The predicted molar refractivity (Wildman–Crippen MR) is 98.2 cm³/mol. The van der Waals surface area contributed by atoms with Crippen LogP contribution in [0.3, 0.4) is 0 Å². The lowest BCUT2D eigenvalue weighted by Crippen LogP contribution is -2.12. The van der Waals surface area contributed by atoms with Crippen molar-refractivity contribution in [1.29, 1.82) is 0 Å². The molecule has 3 aromatic rings. The molecule has 1 N–H and O–H groups in total. The number of Topliss-reactive ketones (excluding diaryl/α,β-unsaturated/α-hetero) is 1. The first-order valence-electron chi connectivity index (χ1n) is 8.19. The zero-order valence-electron chi connectivity index (χ0n) is 14.6. The zero-order valence-corrected chi connectivity index (χ0v) is 14.6. The Morgan fingerprint density at radius 2 is 1.92 bits per heavy atom. The van der Waals surface area contributed by atoms with Crippen LogP contribution in [0.25, 0.3) is 11.8 Å². The number of aromatic nitrogens is 3. The number of H-pyrrole nitrogens is 1. The van der Waals surface area contributed by atoms with Crippen molar-refractivity contribution in [3.8, 4) is 5.69 Å². The summed E-state index contributed by atoms with van der Waals surface area (Å²) in [5.41, 5.74) is 3.93. The molecule has 6 heteroatoms. The molecule has 0 aliphatic heterocycles. The molecule has 0 radical (unpaired) electrons. The Labute approximate surface area is 151 Å². The van der Waals surface area contributed by atoms with Crippen LogP contribution in [-0.4, -0.2) is 33.1 Å². The van der Waals surface area contributed by atoms with Gasteiger partial charge in [0.05, 0.1) is 17.1 Å². The Balaban J connectivity index is 1.67. The van der Waals surface area contributed by atoms with Crippen LogP contribution in [0.15, 0.2) is 54.7 Å². The van der Waals surface area contributed by atoms with Crippen molar-refractivity contribution >= 4 is 17.8 Å². The van der Waals surface area contributed by atoms with E-state index in [1.54, 1.807) is 24.4 Å². The lowest BCUT2D eigenvalue weighted by molar-refractivity contribution is -0.136. The molecule has 0 aliphatic rings. The first-order valence-corrected chi connectivity index (χ1v) is 8.19. The zero-order chi connectivity index (χ0) is 18.5. The van der Waals surface area contributed by atoms with Gasteiger partial charge in [-0.15, -0.1) is 0 Å². The minimum Gasteiger partial charge on any atom is -0.454 e. The molecule has 0 saturated heterocycles. The maximum atomic E-state index is 11.9. The Hall–Kier alpha value is -3.41. The van der Waals surface area contributed by atoms with Gasteiger partial charge in [0.15, 0.2) is 6.61 Å². The molecule has 0 fully saturated rings. The number of nitrogens with zero attached hydrogens (tertiary/aromatic N) is 2. The van der Waals surface area contributed by atoms with Crippen molar-refractivity contribution in [2.24, 2.45) is 0 Å². The molecule has 132 valence electrons. The van der Waals surface area contributed by atoms with Crippen molar-refractivity contribution in [3.05, 3.63) is 77.4 Å². The van der Waals surface area contributed by atoms with Gasteiger partial charge in [0, 0.05) is 23.5 Å². The van der Waals surface area contributed by atoms with E-state index in [9.17, 15) is 9.59 Å². The van der Waals surface area contributed by atoms with E-state index in [1.807, 2.05) is 48.9 Å². The number of hydrogen-bond donors (Lipinski definition) is 1. The van der Waals surface area contributed by atoms with Gasteiger partial charge in [-0.3, -0.25) is 4.79 Å². The number of esters is 1. The lowest BCUT2D eigenvalue weighted by Gasteiger charge is -2.03. The Morgan fingerprint density at radius 1 is 1.15 bits per heavy atom. The first-order chi connectivity index (χ1) is 12.6. The number of para-hydroxylation sites is 1. The average molecular weight is 349 g/mol. The van der Waals surface area contributed by atoms with Crippen LogP contribution in [0.2, 0.25) is 0 Å². The number of ketones is 1. The van der Waals surface area contributed by atoms with E-state index in [4.69, 9.17) is 4.74 Å². The number of ether oxygens (including phenoxy) is 1. The molecule has 0 atom stereocenters. The monoisotopic (exact) mass is 349 g/mol. The average Bonchev–Trinajstić information content (AvgIpc) is 3.28. The minimum absolute atomic E-state index is 0.277. The molecule has 2 heterocycles. The summed E-state index contributed by atoms with van der Waals surface area (Å²) in [6.07, 6.45) is 4.62. The van der Waals surface area contributed by atoms with E-state index < -0.39 is 5.97 Å². The standard InChI is InChI=1S/C20H19N3O3/c1-14-17(15(2)23(22-14)16-7-4-3-5-8-16)10-11-20(25)26-13-19(24)18-9-6-12-21-18/h3-12,21H,13H2,1-2H3. The fourth-order valence-corrected chi connectivity index (χ4v) is 2.63. The minimum atomic E-state index is -0.573. The van der Waals surface area contributed by atoms with E-state index in [0.29, 0.717) is 5.69 Å². The van der Waals surface area contributed by atoms with E-state index in [-0.39, 0.29) is 12.4 Å². The number of carbonyl (C=O) groups excluding carboxylic acids is 2. The predicted octanol–water partition coefficient (Wildman–Crippen LogP) is 3.26. The van der Waals surface area contributed by atoms with Gasteiger partial charge in [-0.05, 0) is 44.2 Å². The maximum absolute atomic E-state index is 11.9. The number of nitrogens with one attached hydrogen (secondary N) is 1. The normalized spacial score (nSPS) is 11.0. The van der Waals surface area contributed by atoms with Crippen LogP contribution in [-0.2, 0) is 9.53 Å². The van der Waals surface area contributed by atoms with Crippen LogP contribution in [0.4, 0.5) is 0 Å². The van der Waals surface area contributed by atoms with Gasteiger partial charge >= 0.3 is 5.97 Å². The van der Waals surface area contributed by atoms with Gasteiger partial charge in [0.2, 0.25) is 5.78 Å². The molecule has 0 amide bonds. The highest BCUT2D eigenvalue weighted by Gasteiger charge is 2.12. The number of hydrogen-bond acceptors (Lipinski definition) is 4. The third kappa shape index (κ3) is 3.80. The maximum Gasteiger partial charge on any atom is 0.331 e. The summed E-state index contributed by atoms with van der Waals surface area (Å²) in [7, 11) is 0. The van der Waals surface area contributed by atoms with Crippen molar-refractivity contribution in [2.75, 3.05) is 6.61 Å². The second-order valence-electron chi connectivity index (χ2n) is 5.78. The smallest absolute Gasteiger partial charge is 0.331 e. The van der Waals surface area contributed by atoms with Gasteiger partial charge in [0.1, 0.15) is 0 Å². The van der Waals surface area contributed by atoms with Crippen LogP contribution < -0.4 is 0 Å².